The molecule has 1 heterocycles. The second-order valence-corrected chi connectivity index (χ2v) is 3.02. The summed E-state index contributed by atoms with van der Waals surface area (Å²) in [6, 6.07) is 5.46. The number of carboxylic acid groups (broad SMARTS) is 1. The smallest absolute Gasteiger partial charge is 0.307 e. The summed E-state index contributed by atoms with van der Waals surface area (Å²) in [7, 11) is 0. The molecule has 0 aliphatic heterocycles. The van der Waals surface area contributed by atoms with Crippen molar-refractivity contribution in [1.82, 2.24) is 10.2 Å². The number of nitrogens with zero attached hydrogens (tertiary/aromatic N) is 2. The second-order valence-electron chi connectivity index (χ2n) is 3.02. The van der Waals surface area contributed by atoms with Gasteiger partial charge < -0.3 is 5.11 Å². The molecule has 1 aromatic heterocycles. The van der Waals surface area contributed by atoms with Gasteiger partial charge in [0.25, 0.3) is 0 Å². The van der Waals surface area contributed by atoms with Crippen molar-refractivity contribution < 1.29 is 9.90 Å². The summed E-state index contributed by atoms with van der Waals surface area (Å²) in [6.07, 6.45) is 3.32. The van der Waals surface area contributed by atoms with E-state index in [2.05, 4.69) is 10.2 Å². The van der Waals surface area contributed by atoms with E-state index in [-0.39, 0.29) is 6.42 Å². The molecule has 0 atom stereocenters. The van der Waals surface area contributed by atoms with Crippen LogP contribution in [-0.4, -0.2) is 21.3 Å². The van der Waals surface area contributed by atoms with Crippen LogP contribution in [0.4, 0.5) is 0 Å². The van der Waals surface area contributed by atoms with E-state index in [0.29, 0.717) is 0 Å². The fourth-order valence-corrected chi connectivity index (χ4v) is 1.33. The number of carbonyl (C=O) groups is 1. The minimum Gasteiger partial charge on any atom is -0.481 e. The molecule has 4 heteroatoms. The standard InChI is InChI=1S/C10H8N2O2/c13-10(14)4-7-1-2-8-5-11-12-6-9(8)3-7/h1-3,5-6H,4H2,(H,13,14). The lowest BCUT2D eigenvalue weighted by molar-refractivity contribution is -0.136. The molecular formula is C10H8N2O2. The van der Waals surface area contributed by atoms with Crippen LogP contribution in [-0.2, 0) is 11.2 Å². The summed E-state index contributed by atoms with van der Waals surface area (Å²) < 4.78 is 0. The predicted octanol–water partition coefficient (Wildman–Crippen LogP) is 1.26. The summed E-state index contributed by atoms with van der Waals surface area (Å²) in [5, 5.41) is 18.0. The van der Waals surface area contributed by atoms with Crippen molar-refractivity contribution in [3.63, 3.8) is 0 Å². The molecule has 1 aromatic carbocycles. The molecule has 0 saturated carbocycles. The van der Waals surface area contributed by atoms with Crippen LogP contribution < -0.4 is 0 Å². The molecule has 1 N–H and O–H groups in total. The van der Waals surface area contributed by atoms with Crippen LogP contribution in [0.15, 0.2) is 30.6 Å². The van der Waals surface area contributed by atoms with E-state index in [1.807, 2.05) is 12.1 Å². The number of hydrogen-bond donors (Lipinski definition) is 1. The molecule has 0 saturated heterocycles. The normalized spacial score (nSPS) is 10.3. The van der Waals surface area contributed by atoms with Gasteiger partial charge in [0.1, 0.15) is 0 Å². The van der Waals surface area contributed by atoms with E-state index in [0.717, 1.165) is 16.3 Å². The van der Waals surface area contributed by atoms with Crippen molar-refractivity contribution in [3.8, 4) is 0 Å². The largest absolute Gasteiger partial charge is 0.481 e. The van der Waals surface area contributed by atoms with Gasteiger partial charge in [-0.1, -0.05) is 12.1 Å². The first-order chi connectivity index (χ1) is 6.75. The molecule has 4 nitrogen and oxygen atoms in total. The van der Waals surface area contributed by atoms with Crippen LogP contribution in [0.25, 0.3) is 10.8 Å². The van der Waals surface area contributed by atoms with Gasteiger partial charge in [-0.15, -0.1) is 0 Å². The van der Waals surface area contributed by atoms with Gasteiger partial charge >= 0.3 is 5.97 Å². The van der Waals surface area contributed by atoms with Crippen molar-refractivity contribution in [1.29, 1.82) is 0 Å². The highest BCUT2D eigenvalue weighted by Gasteiger charge is 2.01. The maximum atomic E-state index is 10.5. The Kier molecular flexibility index (Phi) is 2.10. The maximum Gasteiger partial charge on any atom is 0.307 e. The summed E-state index contributed by atoms with van der Waals surface area (Å²) in [6.45, 7) is 0. The van der Waals surface area contributed by atoms with Crippen LogP contribution in [0.1, 0.15) is 5.56 Å². The Morgan fingerprint density at radius 2 is 1.93 bits per heavy atom. The number of aromatic nitrogens is 2. The summed E-state index contributed by atoms with van der Waals surface area (Å²) in [4.78, 5) is 10.5. The Hall–Kier alpha value is -1.97. The Labute approximate surface area is 80.2 Å². The molecule has 0 bridgehead atoms. The van der Waals surface area contributed by atoms with Crippen molar-refractivity contribution in [3.05, 3.63) is 36.2 Å². The Bertz CT molecular complexity index is 482. The summed E-state index contributed by atoms with van der Waals surface area (Å²) in [5.41, 5.74) is 0.776. The zero-order valence-electron chi connectivity index (χ0n) is 7.34. The van der Waals surface area contributed by atoms with Gasteiger partial charge in [0.15, 0.2) is 0 Å². The van der Waals surface area contributed by atoms with E-state index >= 15 is 0 Å². The van der Waals surface area contributed by atoms with E-state index in [1.165, 1.54) is 0 Å². The lowest BCUT2D eigenvalue weighted by Crippen LogP contribution is -1.99. The van der Waals surface area contributed by atoms with Crippen LogP contribution in [0, 0.1) is 0 Å². The molecule has 0 unspecified atom stereocenters. The lowest BCUT2D eigenvalue weighted by Gasteiger charge is -1.99. The third-order valence-electron chi connectivity index (χ3n) is 1.97. The number of carboxylic acids is 1. The van der Waals surface area contributed by atoms with Gasteiger partial charge in [0.2, 0.25) is 0 Å². The van der Waals surface area contributed by atoms with E-state index in [4.69, 9.17) is 5.11 Å². The van der Waals surface area contributed by atoms with Crippen LogP contribution in [0.3, 0.4) is 0 Å². The minimum absolute atomic E-state index is 0.0399. The molecule has 0 spiro atoms. The van der Waals surface area contributed by atoms with Crippen molar-refractivity contribution in [2.45, 2.75) is 6.42 Å². The van der Waals surface area contributed by atoms with Gasteiger partial charge in [-0.3, -0.25) is 4.79 Å². The molecule has 14 heavy (non-hydrogen) atoms. The van der Waals surface area contributed by atoms with Crippen molar-refractivity contribution in [2.24, 2.45) is 0 Å². The fourth-order valence-electron chi connectivity index (χ4n) is 1.33. The zero-order chi connectivity index (χ0) is 9.97. The van der Waals surface area contributed by atoms with Gasteiger partial charge in [0, 0.05) is 10.8 Å². The zero-order valence-corrected chi connectivity index (χ0v) is 7.34. The first-order valence-corrected chi connectivity index (χ1v) is 4.17. The molecule has 2 aromatic rings. The van der Waals surface area contributed by atoms with Gasteiger partial charge in [0.05, 0.1) is 18.8 Å². The molecule has 2 rings (SSSR count). The minimum atomic E-state index is -0.827. The number of fused-ring (bicyclic) bond motifs is 1. The molecular weight excluding hydrogens is 180 g/mol. The molecule has 0 aliphatic rings. The summed E-state index contributed by atoms with van der Waals surface area (Å²) >= 11 is 0. The van der Waals surface area contributed by atoms with Gasteiger partial charge in [-0.05, 0) is 11.6 Å². The molecule has 0 radical (unpaired) electrons. The second kappa shape index (κ2) is 3.41. The van der Waals surface area contributed by atoms with Gasteiger partial charge in [-0.2, -0.15) is 10.2 Å². The highest BCUT2D eigenvalue weighted by molar-refractivity contribution is 5.82. The van der Waals surface area contributed by atoms with Gasteiger partial charge in [-0.25, -0.2) is 0 Å². The number of rotatable bonds is 2. The Morgan fingerprint density at radius 1 is 1.21 bits per heavy atom. The van der Waals surface area contributed by atoms with E-state index < -0.39 is 5.97 Å². The fraction of sp³-hybridized carbons (Fsp3) is 0.100. The van der Waals surface area contributed by atoms with Crippen molar-refractivity contribution >= 4 is 16.7 Å². The van der Waals surface area contributed by atoms with E-state index in [1.54, 1.807) is 18.5 Å². The molecule has 0 fully saturated rings. The third-order valence-corrected chi connectivity index (χ3v) is 1.97. The summed E-state index contributed by atoms with van der Waals surface area (Å²) in [5.74, 6) is -0.827. The first-order valence-electron chi connectivity index (χ1n) is 4.17. The lowest BCUT2D eigenvalue weighted by atomic mass is 10.1. The SMILES string of the molecule is O=C(O)Cc1ccc2cnncc2c1. The van der Waals surface area contributed by atoms with Crippen LogP contribution in [0.2, 0.25) is 0 Å². The first kappa shape index (κ1) is 8.62. The monoisotopic (exact) mass is 188 g/mol. The topological polar surface area (TPSA) is 63.1 Å². The van der Waals surface area contributed by atoms with Crippen molar-refractivity contribution in [2.75, 3.05) is 0 Å². The molecule has 70 valence electrons. The van der Waals surface area contributed by atoms with E-state index in [9.17, 15) is 4.79 Å². The molecule has 0 amide bonds. The van der Waals surface area contributed by atoms with Crippen LogP contribution >= 0.6 is 0 Å². The predicted molar refractivity (Wildman–Crippen MR) is 50.9 cm³/mol. The quantitative estimate of drug-likeness (QED) is 0.770. The number of aliphatic carboxylic acids is 1. The highest BCUT2D eigenvalue weighted by atomic mass is 16.4. The number of hydrogen-bond acceptors (Lipinski definition) is 3. The average Bonchev–Trinajstić information content (AvgIpc) is 2.17. The highest BCUT2D eigenvalue weighted by Crippen LogP contribution is 2.13. The third kappa shape index (κ3) is 1.69. The average molecular weight is 188 g/mol. The maximum absolute atomic E-state index is 10.5. The Balaban J connectivity index is 2.46. The van der Waals surface area contributed by atoms with Crippen LogP contribution in [0.5, 0.6) is 0 Å². The Morgan fingerprint density at radius 3 is 2.64 bits per heavy atom. The molecule has 0 aliphatic carbocycles. The number of benzene rings is 1.